The zero-order valence-electron chi connectivity index (χ0n) is 11.1. The van der Waals surface area contributed by atoms with E-state index in [4.69, 9.17) is 0 Å². The summed E-state index contributed by atoms with van der Waals surface area (Å²) in [5.41, 5.74) is 0. The van der Waals surface area contributed by atoms with Crippen LogP contribution in [0.15, 0.2) is 12.7 Å². The van der Waals surface area contributed by atoms with Gasteiger partial charge >= 0.3 is 0 Å². The SMILES string of the molecule is C=CCCCC#CCCCCCCCCC. The Morgan fingerprint density at radius 1 is 0.812 bits per heavy atom. The van der Waals surface area contributed by atoms with Crippen LogP contribution in [0, 0.1) is 11.8 Å². The van der Waals surface area contributed by atoms with Crippen molar-refractivity contribution in [1.82, 2.24) is 0 Å². The molecule has 0 atom stereocenters. The Kier molecular flexibility index (Phi) is 13.7. The summed E-state index contributed by atoms with van der Waals surface area (Å²) in [6.07, 6.45) is 16.0. The second-order valence-corrected chi connectivity index (χ2v) is 4.41. The fraction of sp³-hybridized carbons (Fsp3) is 0.750. The fourth-order valence-electron chi connectivity index (χ4n) is 1.68. The van der Waals surface area contributed by atoms with Crippen molar-refractivity contribution in [3.8, 4) is 11.8 Å². The number of allylic oxidation sites excluding steroid dienone is 1. The zero-order valence-corrected chi connectivity index (χ0v) is 11.1. The molecule has 0 saturated heterocycles. The van der Waals surface area contributed by atoms with Crippen molar-refractivity contribution in [1.29, 1.82) is 0 Å². The molecule has 0 saturated carbocycles. The van der Waals surface area contributed by atoms with Crippen LogP contribution in [0.5, 0.6) is 0 Å². The van der Waals surface area contributed by atoms with E-state index in [1.807, 2.05) is 6.08 Å². The lowest BCUT2D eigenvalue weighted by atomic mass is 10.1. The van der Waals surface area contributed by atoms with E-state index < -0.39 is 0 Å². The first-order valence-corrected chi connectivity index (χ1v) is 6.98. The van der Waals surface area contributed by atoms with Crippen LogP contribution in [0.3, 0.4) is 0 Å². The predicted molar refractivity (Wildman–Crippen MR) is 74.4 cm³/mol. The Morgan fingerprint density at radius 2 is 1.38 bits per heavy atom. The van der Waals surface area contributed by atoms with Gasteiger partial charge in [0, 0.05) is 12.8 Å². The highest BCUT2D eigenvalue weighted by Gasteiger charge is 1.89. The van der Waals surface area contributed by atoms with Gasteiger partial charge in [-0.2, -0.15) is 0 Å². The van der Waals surface area contributed by atoms with Gasteiger partial charge in [0.05, 0.1) is 0 Å². The molecule has 0 unspecified atom stereocenters. The van der Waals surface area contributed by atoms with Crippen LogP contribution >= 0.6 is 0 Å². The van der Waals surface area contributed by atoms with Crippen molar-refractivity contribution in [3.63, 3.8) is 0 Å². The summed E-state index contributed by atoms with van der Waals surface area (Å²) in [4.78, 5) is 0. The summed E-state index contributed by atoms with van der Waals surface area (Å²) in [5.74, 6) is 6.50. The number of rotatable bonds is 10. The molecule has 0 aromatic rings. The van der Waals surface area contributed by atoms with E-state index in [0.29, 0.717) is 0 Å². The first kappa shape index (κ1) is 15.3. The third kappa shape index (κ3) is 13.3. The van der Waals surface area contributed by atoms with Crippen LogP contribution in [-0.4, -0.2) is 0 Å². The molecular weight excluding hydrogens is 192 g/mol. The van der Waals surface area contributed by atoms with E-state index in [9.17, 15) is 0 Å². The molecule has 0 N–H and O–H groups in total. The van der Waals surface area contributed by atoms with Gasteiger partial charge in [-0.25, -0.2) is 0 Å². The minimum atomic E-state index is 1.04. The molecule has 0 radical (unpaired) electrons. The number of hydrogen-bond acceptors (Lipinski definition) is 0. The molecule has 0 aliphatic rings. The van der Waals surface area contributed by atoms with E-state index in [0.717, 1.165) is 19.3 Å². The molecule has 0 heteroatoms. The van der Waals surface area contributed by atoms with Gasteiger partial charge in [0.15, 0.2) is 0 Å². The highest BCUT2D eigenvalue weighted by atomic mass is 13.9. The third-order valence-electron chi connectivity index (χ3n) is 2.74. The van der Waals surface area contributed by atoms with Crippen LogP contribution < -0.4 is 0 Å². The summed E-state index contributed by atoms with van der Waals surface area (Å²) in [6, 6.07) is 0. The van der Waals surface area contributed by atoms with E-state index in [1.54, 1.807) is 0 Å². The monoisotopic (exact) mass is 220 g/mol. The van der Waals surface area contributed by atoms with E-state index in [-0.39, 0.29) is 0 Å². The molecule has 0 spiro atoms. The smallest absolute Gasteiger partial charge is 0.00916 e. The van der Waals surface area contributed by atoms with Crippen LogP contribution in [0.4, 0.5) is 0 Å². The van der Waals surface area contributed by atoms with Gasteiger partial charge in [0.1, 0.15) is 0 Å². The lowest BCUT2D eigenvalue weighted by Crippen LogP contribution is -1.79. The molecule has 0 bridgehead atoms. The van der Waals surface area contributed by atoms with Crippen molar-refractivity contribution in [3.05, 3.63) is 12.7 Å². The highest BCUT2D eigenvalue weighted by Crippen LogP contribution is 2.07. The lowest BCUT2D eigenvalue weighted by Gasteiger charge is -1.97. The van der Waals surface area contributed by atoms with Crippen LogP contribution in [-0.2, 0) is 0 Å². The van der Waals surface area contributed by atoms with Crippen LogP contribution in [0.1, 0.15) is 77.6 Å². The lowest BCUT2D eigenvalue weighted by molar-refractivity contribution is 0.594. The average molecular weight is 220 g/mol. The van der Waals surface area contributed by atoms with Gasteiger partial charge in [-0.05, 0) is 19.3 Å². The molecule has 0 aromatic carbocycles. The van der Waals surface area contributed by atoms with Gasteiger partial charge in [-0.3, -0.25) is 0 Å². The number of hydrogen-bond donors (Lipinski definition) is 0. The Labute approximate surface area is 103 Å². The molecule has 0 aliphatic heterocycles. The Balaban J connectivity index is 3.04. The topological polar surface area (TPSA) is 0 Å². The molecular formula is C16H28. The standard InChI is InChI=1S/C16H28/c1-3-5-7-9-11-13-15-16-14-12-10-8-6-4-2/h3H,1,4-10,12,14-16H2,2H3. The Bertz CT molecular complexity index is 192. The highest BCUT2D eigenvalue weighted by molar-refractivity contribution is 4.98. The van der Waals surface area contributed by atoms with E-state index in [1.165, 1.54) is 51.4 Å². The summed E-state index contributed by atoms with van der Waals surface area (Å²) < 4.78 is 0. The third-order valence-corrected chi connectivity index (χ3v) is 2.74. The van der Waals surface area contributed by atoms with Crippen molar-refractivity contribution in [2.45, 2.75) is 77.6 Å². The molecule has 0 heterocycles. The molecule has 0 fully saturated rings. The maximum atomic E-state index is 3.70. The van der Waals surface area contributed by atoms with E-state index >= 15 is 0 Å². The molecule has 92 valence electrons. The van der Waals surface area contributed by atoms with Crippen molar-refractivity contribution >= 4 is 0 Å². The van der Waals surface area contributed by atoms with Gasteiger partial charge in [0.2, 0.25) is 0 Å². The van der Waals surface area contributed by atoms with E-state index in [2.05, 4.69) is 25.3 Å². The minimum Gasteiger partial charge on any atom is -0.103 e. The largest absolute Gasteiger partial charge is 0.103 e. The molecule has 0 nitrogen and oxygen atoms in total. The normalized spacial score (nSPS) is 9.56. The zero-order chi connectivity index (χ0) is 11.9. The summed E-state index contributed by atoms with van der Waals surface area (Å²) >= 11 is 0. The second kappa shape index (κ2) is 14.3. The van der Waals surface area contributed by atoms with Crippen molar-refractivity contribution < 1.29 is 0 Å². The summed E-state index contributed by atoms with van der Waals surface area (Å²) in [7, 11) is 0. The molecule has 0 aliphatic carbocycles. The molecule has 0 amide bonds. The van der Waals surface area contributed by atoms with Gasteiger partial charge < -0.3 is 0 Å². The van der Waals surface area contributed by atoms with Crippen LogP contribution in [0.2, 0.25) is 0 Å². The summed E-state index contributed by atoms with van der Waals surface area (Å²) in [5, 5.41) is 0. The second-order valence-electron chi connectivity index (χ2n) is 4.41. The van der Waals surface area contributed by atoms with Gasteiger partial charge in [0.25, 0.3) is 0 Å². The summed E-state index contributed by atoms with van der Waals surface area (Å²) in [6.45, 7) is 5.97. The quantitative estimate of drug-likeness (QED) is 0.259. The molecule has 0 aromatic heterocycles. The first-order valence-electron chi connectivity index (χ1n) is 6.98. The van der Waals surface area contributed by atoms with Crippen molar-refractivity contribution in [2.24, 2.45) is 0 Å². The Hall–Kier alpha value is -0.700. The maximum Gasteiger partial charge on any atom is 0.00916 e. The maximum absolute atomic E-state index is 3.70. The minimum absolute atomic E-state index is 1.04. The van der Waals surface area contributed by atoms with Crippen molar-refractivity contribution in [2.75, 3.05) is 0 Å². The van der Waals surface area contributed by atoms with Gasteiger partial charge in [-0.1, -0.05) is 51.5 Å². The predicted octanol–water partition coefficient (Wildman–Crippen LogP) is 5.49. The first-order chi connectivity index (χ1) is 7.91. The van der Waals surface area contributed by atoms with Gasteiger partial charge in [-0.15, -0.1) is 18.4 Å². The van der Waals surface area contributed by atoms with Crippen LogP contribution in [0.25, 0.3) is 0 Å². The Morgan fingerprint density at radius 3 is 2.00 bits per heavy atom. The molecule has 16 heavy (non-hydrogen) atoms. The average Bonchev–Trinajstić information content (AvgIpc) is 2.31. The number of unbranched alkanes of at least 4 members (excludes halogenated alkanes) is 9. The molecule has 0 rings (SSSR count). The fourth-order valence-corrected chi connectivity index (χ4v) is 1.68.